The fourth-order valence-corrected chi connectivity index (χ4v) is 18.1. The zero-order valence-corrected chi connectivity index (χ0v) is 78.2. The number of aliphatic hydroxyl groups is 20. The Morgan fingerprint density at radius 1 is 0.385 bits per heavy atom. The Bertz CT molecular complexity index is 3430. The molecule has 0 aliphatic carbocycles. The molecule has 784 valence electrons. The third-order valence-electron chi connectivity index (χ3n) is 25.6. The Labute approximate surface area is 786 Å². The van der Waals surface area contributed by atoms with E-state index in [0.29, 0.717) is 12.8 Å². The largest absolute Gasteiger partial charge is 0.477 e. The van der Waals surface area contributed by atoms with E-state index in [9.17, 15) is 136 Å². The average Bonchev–Trinajstić information content (AvgIpc) is 0.746. The number of amides is 5. The van der Waals surface area contributed by atoms with Crippen LogP contribution in [-0.4, -0.2) is 428 Å². The molecular formula is C89H157N5O41. The van der Waals surface area contributed by atoms with Crippen LogP contribution in [0.1, 0.15) is 228 Å². The van der Waals surface area contributed by atoms with Crippen molar-refractivity contribution in [3.05, 3.63) is 12.2 Å². The monoisotopic (exact) mass is 1950 g/mol. The molecule has 46 heteroatoms. The van der Waals surface area contributed by atoms with Gasteiger partial charge in [-0.15, -0.1) is 0 Å². The standard InChI is InChI=1S/C89H157N5O41/c1-7-9-11-13-15-17-19-21-22-24-26-28-30-32-34-36-60(109)94-50(51(106)35-33-31-29-27-25-23-20-18-16-14-12-10-8-2)45-122-85-72(117)71(116)75(58(43-100)127-85)129-87-74(119)81(135-89(88(120)121)37-52(107)61(90-46(3)102)79(134-89)65(110)53(108)38-95)76(59(44-101)128-87)130-83-64(93-49(6)105)78(68(113)56(41-98)124-83)132-86-73(118)80(69(114)57(42-99)126-86)133-84-63(92-48(5)104)77(67(112)55(40-97)125-84)131-82-62(91-47(4)103)70(115)66(111)54(39-96)123-82/h33,35,50-59,61-87,95-101,106-108,110-119H,7-32,34,36-45H2,1-6H3,(H,90,102)(H,91,103)(H,92,104)(H,93,105)(H,94,109)(H,120,121)/b35-33+/t50-,51+,52?,53+,54?,55?,56?,57?,58?,59?,61+,62?,63?,64?,65+,66-,67-,68-,69-,70+,71+,72?,73?,74?,75+,76-,77+,78+,79?,80-,81+,82+,83-,84-,85+,86-,87-,89-/m0/s1. The van der Waals surface area contributed by atoms with Crippen molar-refractivity contribution in [1.82, 2.24) is 26.6 Å². The van der Waals surface area contributed by atoms with Crippen LogP contribution in [0.25, 0.3) is 0 Å². The molecule has 0 aromatic rings. The predicted molar refractivity (Wildman–Crippen MR) is 467 cm³/mol. The van der Waals surface area contributed by atoms with Gasteiger partial charge in [0.15, 0.2) is 37.7 Å². The Balaban J connectivity index is 1.17. The van der Waals surface area contributed by atoms with Crippen molar-refractivity contribution < 1.29 is 202 Å². The van der Waals surface area contributed by atoms with Crippen LogP contribution in [0.2, 0.25) is 0 Å². The summed E-state index contributed by atoms with van der Waals surface area (Å²) in [5, 5.41) is 252. The zero-order valence-electron chi connectivity index (χ0n) is 78.2. The molecule has 38 atom stereocenters. The maximum atomic E-state index is 14.1. The smallest absolute Gasteiger partial charge is 0.364 e. The van der Waals surface area contributed by atoms with Crippen molar-refractivity contribution >= 4 is 35.5 Å². The molecule has 7 fully saturated rings. The van der Waals surface area contributed by atoms with Gasteiger partial charge in [0, 0.05) is 40.5 Å². The average molecular weight is 1950 g/mol. The summed E-state index contributed by atoms with van der Waals surface area (Å²) in [5.41, 5.74) is 0. The van der Waals surface area contributed by atoms with Gasteiger partial charge < -0.3 is 200 Å². The van der Waals surface area contributed by atoms with Crippen LogP contribution < -0.4 is 26.6 Å². The van der Waals surface area contributed by atoms with Crippen LogP contribution in [0.4, 0.5) is 0 Å². The number of hydrogen-bond acceptors (Lipinski definition) is 40. The summed E-state index contributed by atoms with van der Waals surface area (Å²) in [7, 11) is 0. The van der Waals surface area contributed by atoms with Gasteiger partial charge in [0.05, 0.1) is 77.1 Å². The molecule has 7 heterocycles. The van der Waals surface area contributed by atoms with Gasteiger partial charge in [0.2, 0.25) is 29.5 Å². The highest BCUT2D eigenvalue weighted by molar-refractivity contribution is 5.77. The molecule has 7 saturated heterocycles. The Morgan fingerprint density at radius 2 is 0.748 bits per heavy atom. The Morgan fingerprint density at radius 3 is 1.20 bits per heavy atom. The van der Waals surface area contributed by atoms with Crippen LogP contribution in [0, 0.1) is 0 Å². The SMILES string of the molecule is CCCCCCCCCCCCC/C=C/[C@@H](O)[C@H](CO[C@@H]1OC(CO)[C@@H](O[C@@H]2OC(CO)[C@H](O[C@@H]3OC(CO)[C@H](O)[C@H](O[C@@H]4OC(CO)[C@H](O)[C@H](O[C@@H]5OC(CO)[C@H](O)[C@H](O[C@H]6OC(CO)[C@H](O)[C@H](O)C6NC(C)=O)C5NC(C)=O)C4O)C3NC(C)=O)[C@H](O[C@]3(C(=O)O)CC(O)[C@@H](NC(C)=O)C([C@H](O)[C@H](O)CO)O3)C2O)[C@H](O)C1O)NC(=O)CCCCCCCCCCCCCCCCC. The van der Waals surface area contributed by atoms with E-state index in [1.165, 1.54) is 102 Å². The first-order valence-corrected chi connectivity index (χ1v) is 48.1. The number of nitrogens with one attached hydrogen (secondary N) is 5. The molecule has 0 aromatic heterocycles. The number of rotatable bonds is 60. The third kappa shape index (κ3) is 34.2. The van der Waals surface area contributed by atoms with Gasteiger partial charge in [-0.2, -0.15) is 0 Å². The second-order valence-electron chi connectivity index (χ2n) is 36.4. The number of carboxylic acids is 1. The van der Waals surface area contributed by atoms with Gasteiger partial charge in [-0.05, 0) is 19.3 Å². The van der Waals surface area contributed by atoms with Gasteiger partial charge in [0.25, 0.3) is 5.79 Å². The normalized spacial score (nSPS) is 36.7. The van der Waals surface area contributed by atoms with Crippen molar-refractivity contribution in [2.75, 3.05) is 52.9 Å². The number of carbonyl (C=O) groups is 6. The summed E-state index contributed by atoms with van der Waals surface area (Å²) in [6, 6.07) is -8.72. The molecule has 0 aromatic carbocycles. The molecule has 5 amide bonds. The minimum atomic E-state index is -3.50. The summed E-state index contributed by atoms with van der Waals surface area (Å²) >= 11 is 0. The topological polar surface area (TPSA) is 717 Å². The Kier molecular flexibility index (Phi) is 52.0. The van der Waals surface area contributed by atoms with E-state index >= 15 is 0 Å². The van der Waals surface area contributed by atoms with Gasteiger partial charge in [-0.25, -0.2) is 4.79 Å². The second kappa shape index (κ2) is 60.0. The summed E-state index contributed by atoms with van der Waals surface area (Å²) in [4.78, 5) is 79.7. The molecule has 14 unspecified atom stereocenters. The molecule has 0 bridgehead atoms. The predicted octanol–water partition coefficient (Wildman–Crippen LogP) is -5.11. The number of ether oxygens (including phenoxy) is 14. The molecule has 135 heavy (non-hydrogen) atoms. The van der Waals surface area contributed by atoms with Gasteiger partial charge in [-0.1, -0.05) is 180 Å². The van der Waals surface area contributed by atoms with E-state index in [0.717, 1.165) is 91.9 Å². The van der Waals surface area contributed by atoms with Gasteiger partial charge >= 0.3 is 5.97 Å². The van der Waals surface area contributed by atoms with Crippen LogP contribution in [0.3, 0.4) is 0 Å². The quantitative estimate of drug-likeness (QED) is 0.0200. The lowest BCUT2D eigenvalue weighted by Crippen LogP contribution is -2.72. The van der Waals surface area contributed by atoms with Crippen molar-refractivity contribution in [1.29, 1.82) is 0 Å². The second-order valence-corrected chi connectivity index (χ2v) is 36.4. The summed E-state index contributed by atoms with van der Waals surface area (Å²) in [6.45, 7) is -0.523. The fourth-order valence-electron chi connectivity index (χ4n) is 18.1. The number of unbranched alkanes of at least 4 members (excludes halogenated alkanes) is 25. The van der Waals surface area contributed by atoms with Crippen molar-refractivity contribution in [3.63, 3.8) is 0 Å². The van der Waals surface area contributed by atoms with E-state index in [1.54, 1.807) is 6.08 Å². The van der Waals surface area contributed by atoms with Crippen LogP contribution >= 0.6 is 0 Å². The van der Waals surface area contributed by atoms with Crippen LogP contribution in [0.5, 0.6) is 0 Å². The number of allylic oxidation sites excluding steroid dienone is 1. The maximum absolute atomic E-state index is 14.1. The molecule has 0 radical (unpaired) electrons. The van der Waals surface area contributed by atoms with E-state index in [4.69, 9.17) is 66.3 Å². The molecule has 26 N–H and O–H groups in total. The molecule has 7 rings (SSSR count). The Hall–Kier alpha value is -4.80. The molecule has 7 aliphatic heterocycles. The summed E-state index contributed by atoms with van der Waals surface area (Å²) < 4.78 is 85.4. The minimum absolute atomic E-state index is 0.0946. The maximum Gasteiger partial charge on any atom is 0.364 e. The van der Waals surface area contributed by atoms with Crippen molar-refractivity contribution in [2.45, 2.75) is 460 Å². The van der Waals surface area contributed by atoms with Gasteiger partial charge in [-0.3, -0.25) is 24.0 Å². The van der Waals surface area contributed by atoms with Crippen LogP contribution in [-0.2, 0) is 95.1 Å². The number of carboxylic acid groups (broad SMARTS) is 1. The fraction of sp³-hybridized carbons (Fsp3) is 0.910. The van der Waals surface area contributed by atoms with E-state index < -0.39 is 327 Å². The van der Waals surface area contributed by atoms with E-state index in [-0.39, 0.29) is 6.42 Å². The number of aliphatic hydroxyl groups excluding tert-OH is 20. The molecular weight excluding hydrogens is 1790 g/mol. The highest BCUT2D eigenvalue weighted by Gasteiger charge is 2.64. The van der Waals surface area contributed by atoms with E-state index in [2.05, 4.69) is 40.4 Å². The number of carbonyl (C=O) groups excluding carboxylic acids is 5. The molecule has 0 spiro atoms. The van der Waals surface area contributed by atoms with Crippen molar-refractivity contribution in [3.8, 4) is 0 Å². The first-order valence-electron chi connectivity index (χ1n) is 48.1. The number of hydrogen-bond donors (Lipinski definition) is 26. The summed E-state index contributed by atoms with van der Waals surface area (Å²) in [5.74, 6) is -9.84. The van der Waals surface area contributed by atoms with Gasteiger partial charge in [0.1, 0.15) is 165 Å². The molecule has 7 aliphatic rings. The third-order valence-corrected chi connectivity index (χ3v) is 25.6. The molecule has 46 nitrogen and oxygen atoms in total. The first-order chi connectivity index (χ1) is 64.5. The molecule has 0 saturated carbocycles. The summed E-state index contributed by atoms with van der Waals surface area (Å²) in [6.07, 6.45) is -36.7. The lowest BCUT2D eigenvalue weighted by atomic mass is 9.88. The highest BCUT2D eigenvalue weighted by Crippen LogP contribution is 2.43. The first kappa shape index (κ1) is 117. The van der Waals surface area contributed by atoms with Crippen molar-refractivity contribution in [2.24, 2.45) is 0 Å². The highest BCUT2D eigenvalue weighted by atomic mass is 16.8. The zero-order chi connectivity index (χ0) is 99.3. The van der Waals surface area contributed by atoms with E-state index in [1.807, 2.05) is 0 Å². The van der Waals surface area contributed by atoms with Crippen LogP contribution in [0.15, 0.2) is 12.2 Å². The lowest BCUT2D eigenvalue weighted by Gasteiger charge is -2.53. The number of aliphatic carboxylic acids is 1. The lowest BCUT2D eigenvalue weighted by molar-refractivity contribution is -0.404. The minimum Gasteiger partial charge on any atom is -0.477 e.